The van der Waals surface area contributed by atoms with Gasteiger partial charge in [-0.2, -0.15) is 0 Å². The van der Waals surface area contributed by atoms with Crippen molar-refractivity contribution in [3.8, 4) is 11.1 Å². The van der Waals surface area contributed by atoms with E-state index in [9.17, 15) is 9.59 Å². The van der Waals surface area contributed by atoms with Gasteiger partial charge >= 0.3 is 0 Å². The molecule has 1 atom stereocenters. The van der Waals surface area contributed by atoms with Gasteiger partial charge in [-0.3, -0.25) is 14.5 Å². The third-order valence-electron chi connectivity index (χ3n) is 5.80. The van der Waals surface area contributed by atoms with Gasteiger partial charge < -0.3 is 0 Å². The van der Waals surface area contributed by atoms with Crippen LogP contribution >= 0.6 is 0 Å². The molecule has 1 aliphatic rings. The Morgan fingerprint density at radius 1 is 0.613 bits per heavy atom. The van der Waals surface area contributed by atoms with E-state index in [0.717, 1.165) is 22.4 Å². The van der Waals surface area contributed by atoms with Crippen molar-refractivity contribution in [2.45, 2.75) is 12.5 Å². The molecule has 1 heterocycles. The van der Waals surface area contributed by atoms with Crippen molar-refractivity contribution in [2.24, 2.45) is 0 Å². The van der Waals surface area contributed by atoms with E-state index in [1.165, 1.54) is 0 Å². The number of fused-ring (bicyclic) bond motifs is 3. The first-order valence-corrected chi connectivity index (χ1v) is 10.4. The Bertz CT molecular complexity index is 1250. The van der Waals surface area contributed by atoms with Crippen molar-refractivity contribution in [3.63, 3.8) is 0 Å². The number of carbonyl (C=O) groups is 2. The molecule has 5 rings (SSSR count). The Morgan fingerprint density at radius 2 is 1.16 bits per heavy atom. The lowest BCUT2D eigenvalue weighted by Crippen LogP contribution is -2.38. The number of rotatable bonds is 4. The number of amides is 1. The highest BCUT2D eigenvalue weighted by molar-refractivity contribution is 6.11. The lowest BCUT2D eigenvalue weighted by molar-refractivity contribution is 0.0946. The van der Waals surface area contributed by atoms with E-state index in [0.29, 0.717) is 11.1 Å². The Morgan fingerprint density at radius 3 is 1.87 bits per heavy atom. The highest BCUT2D eigenvalue weighted by atomic mass is 16.2. The van der Waals surface area contributed by atoms with Crippen LogP contribution in [0.5, 0.6) is 0 Å². The van der Waals surface area contributed by atoms with E-state index < -0.39 is 0 Å². The fourth-order valence-electron chi connectivity index (χ4n) is 4.34. The van der Waals surface area contributed by atoms with Crippen molar-refractivity contribution < 1.29 is 9.59 Å². The van der Waals surface area contributed by atoms with Crippen molar-refractivity contribution in [2.75, 3.05) is 4.90 Å². The molecule has 0 bridgehead atoms. The van der Waals surface area contributed by atoms with Crippen LogP contribution in [0.1, 0.15) is 38.7 Å². The molecule has 3 nitrogen and oxygen atoms in total. The number of ketones is 1. The molecule has 31 heavy (non-hydrogen) atoms. The number of hydrogen-bond acceptors (Lipinski definition) is 2. The fourth-order valence-corrected chi connectivity index (χ4v) is 4.34. The molecule has 0 saturated heterocycles. The summed E-state index contributed by atoms with van der Waals surface area (Å²) >= 11 is 0. The number of hydrogen-bond donors (Lipinski definition) is 0. The van der Waals surface area contributed by atoms with Gasteiger partial charge in [0, 0.05) is 23.1 Å². The quantitative estimate of drug-likeness (QED) is 0.374. The second kappa shape index (κ2) is 8.04. The number of carbonyl (C=O) groups excluding carboxylic acids is 2. The van der Waals surface area contributed by atoms with Crippen LogP contribution in [0.3, 0.4) is 0 Å². The average molecular weight is 403 g/mol. The molecule has 0 fully saturated rings. The van der Waals surface area contributed by atoms with Crippen molar-refractivity contribution >= 4 is 17.4 Å². The predicted molar refractivity (Wildman–Crippen MR) is 123 cm³/mol. The average Bonchev–Trinajstić information content (AvgIpc) is 2.85. The first-order chi connectivity index (χ1) is 15.2. The summed E-state index contributed by atoms with van der Waals surface area (Å²) in [6.45, 7) is 0. The molecule has 4 aromatic carbocycles. The van der Waals surface area contributed by atoms with Crippen LogP contribution in [0.2, 0.25) is 0 Å². The minimum atomic E-state index is -0.383. The first-order valence-electron chi connectivity index (χ1n) is 10.4. The molecule has 1 amide bonds. The van der Waals surface area contributed by atoms with Crippen LogP contribution in [0, 0.1) is 0 Å². The van der Waals surface area contributed by atoms with Crippen LogP contribution in [-0.2, 0) is 0 Å². The van der Waals surface area contributed by atoms with Gasteiger partial charge in [-0.15, -0.1) is 0 Å². The summed E-state index contributed by atoms with van der Waals surface area (Å²) in [5.41, 5.74) is 5.17. The number of anilines is 1. The first kappa shape index (κ1) is 19.0. The fraction of sp³-hybridized carbons (Fsp3) is 0.0714. The molecule has 0 aromatic heterocycles. The van der Waals surface area contributed by atoms with E-state index in [4.69, 9.17) is 0 Å². The molecule has 0 N–H and O–H groups in total. The summed E-state index contributed by atoms with van der Waals surface area (Å²) in [5.74, 6) is -0.0842. The van der Waals surface area contributed by atoms with Gasteiger partial charge in [0.1, 0.15) is 0 Å². The maximum absolute atomic E-state index is 13.7. The van der Waals surface area contributed by atoms with Gasteiger partial charge in [0.15, 0.2) is 5.78 Å². The molecule has 1 unspecified atom stereocenters. The molecular weight excluding hydrogens is 382 g/mol. The zero-order valence-electron chi connectivity index (χ0n) is 16.9. The topological polar surface area (TPSA) is 37.4 Å². The second-order valence-corrected chi connectivity index (χ2v) is 7.65. The van der Waals surface area contributed by atoms with E-state index in [-0.39, 0.29) is 24.2 Å². The van der Waals surface area contributed by atoms with Gasteiger partial charge in [-0.05, 0) is 29.3 Å². The van der Waals surface area contributed by atoms with E-state index in [1.807, 2.05) is 103 Å². The molecule has 3 heteroatoms. The highest BCUT2D eigenvalue weighted by Gasteiger charge is 2.36. The Balaban J connectivity index is 1.65. The molecule has 4 aromatic rings. The number of para-hydroxylation sites is 1. The maximum atomic E-state index is 13.7. The SMILES string of the molecule is O=C(CC1c2ccccc2-c2ccccc2N1C(=O)c1ccccc1)c1ccccc1. The van der Waals surface area contributed by atoms with Crippen molar-refractivity contribution in [1.29, 1.82) is 0 Å². The van der Waals surface area contributed by atoms with Gasteiger partial charge in [-0.25, -0.2) is 0 Å². The van der Waals surface area contributed by atoms with Gasteiger partial charge in [0.2, 0.25) is 0 Å². The van der Waals surface area contributed by atoms with Crippen LogP contribution in [0.4, 0.5) is 5.69 Å². The molecule has 0 radical (unpaired) electrons. The Hall–Kier alpha value is -3.98. The maximum Gasteiger partial charge on any atom is 0.258 e. The predicted octanol–water partition coefficient (Wildman–Crippen LogP) is 6.33. The van der Waals surface area contributed by atoms with Crippen LogP contribution < -0.4 is 4.90 Å². The molecule has 150 valence electrons. The smallest absolute Gasteiger partial charge is 0.258 e. The molecule has 0 aliphatic carbocycles. The third kappa shape index (κ3) is 3.44. The number of nitrogens with zero attached hydrogens (tertiary/aromatic N) is 1. The number of benzene rings is 4. The number of Topliss-reactive ketones (excluding diaryl/α,β-unsaturated/α-hetero) is 1. The van der Waals surface area contributed by atoms with Crippen LogP contribution in [0.15, 0.2) is 109 Å². The largest absolute Gasteiger partial charge is 0.300 e. The van der Waals surface area contributed by atoms with E-state index >= 15 is 0 Å². The zero-order chi connectivity index (χ0) is 21.2. The van der Waals surface area contributed by atoms with Crippen molar-refractivity contribution in [1.82, 2.24) is 0 Å². The summed E-state index contributed by atoms with van der Waals surface area (Å²) in [6, 6.07) is 34.1. The summed E-state index contributed by atoms with van der Waals surface area (Å²) in [5, 5.41) is 0. The third-order valence-corrected chi connectivity index (χ3v) is 5.80. The van der Waals surface area contributed by atoms with Crippen LogP contribution in [0.25, 0.3) is 11.1 Å². The van der Waals surface area contributed by atoms with Crippen LogP contribution in [-0.4, -0.2) is 11.7 Å². The Kier molecular flexibility index (Phi) is 4.93. The van der Waals surface area contributed by atoms with E-state index in [1.54, 1.807) is 4.90 Å². The van der Waals surface area contributed by atoms with Gasteiger partial charge in [-0.1, -0.05) is 91.0 Å². The van der Waals surface area contributed by atoms with Gasteiger partial charge in [0.25, 0.3) is 5.91 Å². The lowest BCUT2D eigenvalue weighted by atomic mass is 9.85. The summed E-state index contributed by atoms with van der Waals surface area (Å²) < 4.78 is 0. The lowest BCUT2D eigenvalue weighted by Gasteiger charge is -2.38. The minimum absolute atomic E-state index is 0.0191. The molecular formula is C28H21NO2. The van der Waals surface area contributed by atoms with Gasteiger partial charge in [0.05, 0.1) is 11.7 Å². The Labute approximate surface area is 181 Å². The minimum Gasteiger partial charge on any atom is -0.300 e. The highest BCUT2D eigenvalue weighted by Crippen LogP contribution is 2.46. The second-order valence-electron chi connectivity index (χ2n) is 7.65. The zero-order valence-corrected chi connectivity index (χ0v) is 16.9. The summed E-state index contributed by atoms with van der Waals surface area (Å²) in [4.78, 5) is 28.7. The normalized spacial score (nSPS) is 14.5. The monoisotopic (exact) mass is 403 g/mol. The van der Waals surface area contributed by atoms with E-state index in [2.05, 4.69) is 6.07 Å². The summed E-state index contributed by atoms with van der Waals surface area (Å²) in [7, 11) is 0. The van der Waals surface area contributed by atoms with Crippen molar-refractivity contribution in [3.05, 3.63) is 126 Å². The molecule has 0 saturated carbocycles. The molecule has 1 aliphatic heterocycles. The molecule has 0 spiro atoms. The summed E-state index contributed by atoms with van der Waals surface area (Å²) in [6.07, 6.45) is 0.216. The standard InChI is InChI=1S/C28H21NO2/c30-27(20-11-3-1-4-12-20)19-26-24-17-8-7-15-22(24)23-16-9-10-18-25(23)29(26)28(31)21-13-5-2-6-14-21/h1-18,26H,19H2.